The van der Waals surface area contributed by atoms with Gasteiger partial charge < -0.3 is 5.32 Å². The van der Waals surface area contributed by atoms with Crippen molar-refractivity contribution in [1.82, 2.24) is 9.78 Å². The van der Waals surface area contributed by atoms with E-state index in [0.717, 1.165) is 22.4 Å². The summed E-state index contributed by atoms with van der Waals surface area (Å²) in [7, 11) is 0. The first kappa shape index (κ1) is 18.3. The lowest BCUT2D eigenvalue weighted by molar-refractivity contribution is -0.384. The van der Waals surface area contributed by atoms with Crippen molar-refractivity contribution in [3.05, 3.63) is 92.7 Å². The number of amides is 1. The number of fused-ring (bicyclic) bond motifs is 1. The van der Waals surface area contributed by atoms with Crippen molar-refractivity contribution in [3.8, 4) is 16.9 Å². The number of carbonyl (C=O) groups excluding carboxylic acids is 1. The number of aromatic nitrogens is 2. The Morgan fingerprint density at radius 1 is 1.10 bits per heavy atom. The van der Waals surface area contributed by atoms with Gasteiger partial charge in [-0.15, -0.1) is 0 Å². The molecule has 0 bridgehead atoms. The van der Waals surface area contributed by atoms with Crippen molar-refractivity contribution in [1.29, 1.82) is 0 Å². The Kier molecular flexibility index (Phi) is 4.40. The number of nitro groups is 1. The van der Waals surface area contributed by atoms with Crippen LogP contribution in [-0.2, 0) is 4.79 Å². The number of nitrogens with one attached hydrogen (secondary N) is 1. The minimum absolute atomic E-state index is 0.00300. The first-order chi connectivity index (χ1) is 14.6. The lowest BCUT2D eigenvalue weighted by Crippen LogP contribution is -2.24. The number of anilines is 1. The molecule has 7 nitrogen and oxygen atoms in total. The van der Waals surface area contributed by atoms with Crippen LogP contribution in [0.2, 0.25) is 0 Å². The van der Waals surface area contributed by atoms with Gasteiger partial charge in [-0.3, -0.25) is 14.9 Å². The molecular formula is C22H16N4O3S. The molecule has 2 aromatic heterocycles. The minimum atomic E-state index is -0.438. The lowest BCUT2D eigenvalue weighted by atomic mass is 9.86. The first-order valence-electron chi connectivity index (χ1n) is 9.37. The number of hydrogen-bond donors (Lipinski definition) is 1. The standard InChI is InChI=1S/C22H16N4O3S/c27-19-12-18(15-10-11-30-13-15)20-21(14-4-2-1-3-5-14)24-25(22(20)23-19)16-6-8-17(9-7-16)26(28)29/h1-11,13,18H,12H2,(H,23,27)/t18-/m0/s1. The van der Waals surface area contributed by atoms with Gasteiger partial charge in [0.25, 0.3) is 5.69 Å². The summed E-state index contributed by atoms with van der Waals surface area (Å²) >= 11 is 1.60. The maximum Gasteiger partial charge on any atom is 0.269 e. The van der Waals surface area contributed by atoms with Crippen molar-refractivity contribution in [2.45, 2.75) is 12.3 Å². The first-order valence-corrected chi connectivity index (χ1v) is 10.3. The van der Waals surface area contributed by atoms with Crippen LogP contribution in [0.5, 0.6) is 0 Å². The molecule has 1 aliphatic heterocycles. The zero-order chi connectivity index (χ0) is 20.7. The zero-order valence-corrected chi connectivity index (χ0v) is 16.5. The van der Waals surface area contributed by atoms with E-state index in [9.17, 15) is 14.9 Å². The second-order valence-corrected chi connectivity index (χ2v) is 7.80. The van der Waals surface area contributed by atoms with Gasteiger partial charge in [0.15, 0.2) is 0 Å². The number of carbonyl (C=O) groups is 1. The van der Waals surface area contributed by atoms with Crippen LogP contribution in [-0.4, -0.2) is 20.6 Å². The maximum absolute atomic E-state index is 12.6. The van der Waals surface area contributed by atoms with E-state index in [1.54, 1.807) is 28.2 Å². The van der Waals surface area contributed by atoms with Crippen LogP contribution in [0, 0.1) is 10.1 Å². The fraction of sp³-hybridized carbons (Fsp3) is 0.0909. The van der Waals surface area contributed by atoms with Crippen molar-refractivity contribution < 1.29 is 9.72 Å². The Bertz CT molecular complexity index is 1230. The van der Waals surface area contributed by atoms with E-state index in [1.807, 2.05) is 41.8 Å². The highest BCUT2D eigenvalue weighted by molar-refractivity contribution is 7.08. The molecule has 1 atom stereocenters. The molecule has 0 saturated carbocycles. The molecule has 148 valence electrons. The molecule has 3 heterocycles. The fourth-order valence-electron chi connectivity index (χ4n) is 3.82. The Labute approximate surface area is 175 Å². The molecule has 0 radical (unpaired) electrons. The summed E-state index contributed by atoms with van der Waals surface area (Å²) < 4.78 is 1.66. The van der Waals surface area contributed by atoms with Gasteiger partial charge in [0.2, 0.25) is 5.91 Å². The van der Waals surface area contributed by atoms with Crippen LogP contribution in [0.4, 0.5) is 11.5 Å². The van der Waals surface area contributed by atoms with Gasteiger partial charge >= 0.3 is 0 Å². The van der Waals surface area contributed by atoms with Crippen molar-refractivity contribution in [2.24, 2.45) is 0 Å². The molecule has 4 aromatic rings. The van der Waals surface area contributed by atoms with E-state index in [2.05, 4.69) is 10.7 Å². The molecule has 0 spiro atoms. The molecule has 30 heavy (non-hydrogen) atoms. The molecule has 1 amide bonds. The molecule has 1 aliphatic rings. The number of rotatable bonds is 4. The minimum Gasteiger partial charge on any atom is -0.310 e. The normalized spacial score (nSPS) is 15.5. The summed E-state index contributed by atoms with van der Waals surface area (Å²) in [6, 6.07) is 18.0. The molecular weight excluding hydrogens is 400 g/mol. The lowest BCUT2D eigenvalue weighted by Gasteiger charge is -2.24. The van der Waals surface area contributed by atoms with Gasteiger partial charge in [-0.1, -0.05) is 30.3 Å². The Morgan fingerprint density at radius 3 is 2.53 bits per heavy atom. The fourth-order valence-corrected chi connectivity index (χ4v) is 4.53. The van der Waals surface area contributed by atoms with Gasteiger partial charge in [-0.05, 0) is 34.5 Å². The smallest absolute Gasteiger partial charge is 0.269 e. The highest BCUT2D eigenvalue weighted by Gasteiger charge is 2.34. The van der Waals surface area contributed by atoms with Gasteiger partial charge in [-0.2, -0.15) is 16.4 Å². The molecule has 0 saturated heterocycles. The number of hydrogen-bond acceptors (Lipinski definition) is 5. The van der Waals surface area contributed by atoms with E-state index in [0.29, 0.717) is 17.9 Å². The van der Waals surface area contributed by atoms with Gasteiger partial charge in [0.1, 0.15) is 5.82 Å². The van der Waals surface area contributed by atoms with E-state index < -0.39 is 4.92 Å². The third kappa shape index (κ3) is 3.07. The largest absolute Gasteiger partial charge is 0.310 e. The van der Waals surface area contributed by atoms with Crippen LogP contribution in [0.15, 0.2) is 71.4 Å². The number of nitro benzene ring substituents is 1. The average molecular weight is 416 g/mol. The molecule has 1 N–H and O–H groups in total. The highest BCUT2D eigenvalue weighted by Crippen LogP contribution is 2.44. The SMILES string of the molecule is O=C1C[C@@H](c2ccsc2)c2c(-c3ccccc3)nn(-c3ccc([N+](=O)[O-])cc3)c2N1. The van der Waals surface area contributed by atoms with Gasteiger partial charge in [0, 0.05) is 35.6 Å². The Hall–Kier alpha value is -3.78. The predicted molar refractivity (Wildman–Crippen MR) is 115 cm³/mol. The van der Waals surface area contributed by atoms with Crippen molar-refractivity contribution in [2.75, 3.05) is 5.32 Å². The molecule has 0 fully saturated rings. The van der Waals surface area contributed by atoms with E-state index in [-0.39, 0.29) is 17.5 Å². The topological polar surface area (TPSA) is 90.1 Å². The van der Waals surface area contributed by atoms with Crippen LogP contribution in [0.3, 0.4) is 0 Å². The van der Waals surface area contributed by atoms with E-state index in [4.69, 9.17) is 5.10 Å². The monoisotopic (exact) mass is 416 g/mol. The molecule has 0 aliphatic carbocycles. The second-order valence-electron chi connectivity index (χ2n) is 7.02. The highest BCUT2D eigenvalue weighted by atomic mass is 32.1. The third-order valence-electron chi connectivity index (χ3n) is 5.22. The molecule has 0 unspecified atom stereocenters. The van der Waals surface area contributed by atoms with E-state index >= 15 is 0 Å². The summed E-state index contributed by atoms with van der Waals surface area (Å²) in [6.07, 6.45) is 0.343. The Morgan fingerprint density at radius 2 is 1.87 bits per heavy atom. The Balaban J connectivity index is 1.73. The number of benzene rings is 2. The number of nitrogens with zero attached hydrogens (tertiary/aromatic N) is 3. The van der Waals surface area contributed by atoms with Crippen molar-refractivity contribution in [3.63, 3.8) is 0 Å². The predicted octanol–water partition coefficient (Wildman–Crippen LogP) is 4.98. The second kappa shape index (κ2) is 7.23. The van der Waals surface area contributed by atoms with Crippen LogP contribution < -0.4 is 5.32 Å². The molecule has 2 aromatic carbocycles. The number of non-ortho nitro benzene ring substituents is 1. The van der Waals surface area contributed by atoms with Gasteiger partial charge in [-0.25, -0.2) is 4.68 Å². The summed E-state index contributed by atoms with van der Waals surface area (Å²) in [5, 5.41) is 22.9. The van der Waals surface area contributed by atoms with Gasteiger partial charge in [0.05, 0.1) is 16.3 Å². The third-order valence-corrected chi connectivity index (χ3v) is 5.92. The molecule has 5 rings (SSSR count). The van der Waals surface area contributed by atoms with Crippen LogP contribution >= 0.6 is 11.3 Å². The zero-order valence-electron chi connectivity index (χ0n) is 15.7. The van der Waals surface area contributed by atoms with E-state index in [1.165, 1.54) is 12.1 Å². The quantitative estimate of drug-likeness (QED) is 0.375. The summed E-state index contributed by atoms with van der Waals surface area (Å²) in [4.78, 5) is 23.1. The van der Waals surface area contributed by atoms with Crippen LogP contribution in [0.25, 0.3) is 16.9 Å². The molecule has 8 heteroatoms. The average Bonchev–Trinajstić information content (AvgIpc) is 3.42. The summed E-state index contributed by atoms with van der Waals surface area (Å²) in [5.41, 5.74) is 4.42. The summed E-state index contributed by atoms with van der Waals surface area (Å²) in [6.45, 7) is 0. The summed E-state index contributed by atoms with van der Waals surface area (Å²) in [5.74, 6) is 0.415. The van der Waals surface area contributed by atoms with Crippen molar-refractivity contribution >= 4 is 28.7 Å². The van der Waals surface area contributed by atoms with Crippen LogP contribution in [0.1, 0.15) is 23.5 Å². The number of thiophene rings is 1. The maximum atomic E-state index is 12.6.